The van der Waals surface area contributed by atoms with Crippen molar-refractivity contribution in [1.82, 2.24) is 5.32 Å². The predicted octanol–water partition coefficient (Wildman–Crippen LogP) is 3.05. The molecule has 0 bridgehead atoms. The fourth-order valence-corrected chi connectivity index (χ4v) is 2.48. The molecule has 1 fully saturated rings. The monoisotopic (exact) mass is 253 g/mol. The van der Waals surface area contributed by atoms with E-state index in [9.17, 15) is 0 Å². The fraction of sp³-hybridized carbons (Fsp3) is 0.500. The SMILES string of the molecule is Cc1c(Br)cccc1CC1CCCN1. The summed E-state index contributed by atoms with van der Waals surface area (Å²) in [5.74, 6) is 0. The molecule has 1 aromatic carbocycles. The second kappa shape index (κ2) is 4.45. The fourth-order valence-electron chi connectivity index (χ4n) is 2.07. The molecule has 1 aliphatic heterocycles. The molecule has 1 aliphatic rings. The van der Waals surface area contributed by atoms with Crippen molar-refractivity contribution in [3.63, 3.8) is 0 Å². The molecular formula is C12H16BrN. The van der Waals surface area contributed by atoms with Gasteiger partial charge in [0.2, 0.25) is 0 Å². The minimum absolute atomic E-state index is 0.697. The maximum absolute atomic E-state index is 3.58. The molecule has 1 aromatic rings. The van der Waals surface area contributed by atoms with Crippen LogP contribution in [0.1, 0.15) is 24.0 Å². The van der Waals surface area contributed by atoms with E-state index in [0.717, 1.165) is 0 Å². The lowest BCUT2D eigenvalue weighted by molar-refractivity contribution is 0.601. The first-order chi connectivity index (χ1) is 6.77. The van der Waals surface area contributed by atoms with Crippen molar-refractivity contribution in [2.45, 2.75) is 32.2 Å². The number of rotatable bonds is 2. The van der Waals surface area contributed by atoms with Gasteiger partial charge in [0.15, 0.2) is 0 Å². The summed E-state index contributed by atoms with van der Waals surface area (Å²) < 4.78 is 1.23. The third kappa shape index (κ3) is 2.18. The maximum Gasteiger partial charge on any atom is 0.0207 e. The van der Waals surface area contributed by atoms with Crippen LogP contribution in [0.4, 0.5) is 0 Å². The van der Waals surface area contributed by atoms with Crippen LogP contribution in [0.3, 0.4) is 0 Å². The summed E-state index contributed by atoms with van der Waals surface area (Å²) in [6.07, 6.45) is 3.83. The standard InChI is InChI=1S/C12H16BrN/c1-9-10(4-2-6-12(9)13)8-11-5-3-7-14-11/h2,4,6,11,14H,3,5,7-8H2,1H3. The Bertz CT molecular complexity index is 316. The third-order valence-corrected chi connectivity index (χ3v) is 3.87. The smallest absolute Gasteiger partial charge is 0.0207 e. The largest absolute Gasteiger partial charge is 0.314 e. The van der Waals surface area contributed by atoms with Gasteiger partial charge in [0.05, 0.1) is 0 Å². The Morgan fingerprint density at radius 3 is 3.07 bits per heavy atom. The van der Waals surface area contributed by atoms with E-state index in [1.54, 1.807) is 0 Å². The molecule has 14 heavy (non-hydrogen) atoms. The van der Waals surface area contributed by atoms with Crippen molar-refractivity contribution in [2.24, 2.45) is 0 Å². The molecule has 1 nitrogen and oxygen atoms in total. The van der Waals surface area contributed by atoms with Crippen molar-refractivity contribution in [2.75, 3.05) is 6.54 Å². The van der Waals surface area contributed by atoms with Gasteiger partial charge in [0.1, 0.15) is 0 Å². The predicted molar refractivity (Wildman–Crippen MR) is 63.6 cm³/mol. The van der Waals surface area contributed by atoms with Gasteiger partial charge in [-0.3, -0.25) is 0 Å². The van der Waals surface area contributed by atoms with Gasteiger partial charge >= 0.3 is 0 Å². The van der Waals surface area contributed by atoms with E-state index in [-0.39, 0.29) is 0 Å². The highest BCUT2D eigenvalue weighted by Gasteiger charge is 2.15. The average molecular weight is 254 g/mol. The summed E-state index contributed by atoms with van der Waals surface area (Å²) in [5.41, 5.74) is 2.86. The molecule has 0 spiro atoms. The molecule has 0 radical (unpaired) electrons. The number of nitrogens with one attached hydrogen (secondary N) is 1. The minimum Gasteiger partial charge on any atom is -0.314 e. The van der Waals surface area contributed by atoms with Crippen LogP contribution in [0, 0.1) is 6.92 Å². The zero-order valence-electron chi connectivity index (χ0n) is 8.52. The van der Waals surface area contributed by atoms with Gasteiger partial charge in [-0.25, -0.2) is 0 Å². The van der Waals surface area contributed by atoms with Crippen molar-refractivity contribution >= 4 is 15.9 Å². The topological polar surface area (TPSA) is 12.0 Å². The summed E-state index contributed by atoms with van der Waals surface area (Å²) >= 11 is 3.58. The highest BCUT2D eigenvalue weighted by Crippen LogP contribution is 2.22. The lowest BCUT2D eigenvalue weighted by Gasteiger charge is -2.13. The second-order valence-electron chi connectivity index (χ2n) is 4.02. The van der Waals surface area contributed by atoms with Crippen LogP contribution in [-0.2, 0) is 6.42 Å². The number of halogens is 1. The lowest BCUT2D eigenvalue weighted by Crippen LogP contribution is -2.23. The normalized spacial score (nSPS) is 21.4. The maximum atomic E-state index is 3.58. The highest BCUT2D eigenvalue weighted by atomic mass is 79.9. The summed E-state index contributed by atoms with van der Waals surface area (Å²) in [7, 11) is 0. The van der Waals surface area contributed by atoms with E-state index < -0.39 is 0 Å². The zero-order chi connectivity index (χ0) is 9.97. The Labute approximate surface area is 94.0 Å². The van der Waals surface area contributed by atoms with Gasteiger partial charge < -0.3 is 5.32 Å². The Morgan fingerprint density at radius 1 is 1.50 bits per heavy atom. The molecular weight excluding hydrogens is 238 g/mol. The van der Waals surface area contributed by atoms with Crippen LogP contribution in [0.2, 0.25) is 0 Å². The Balaban J connectivity index is 2.11. The van der Waals surface area contributed by atoms with E-state index in [2.05, 4.69) is 46.4 Å². The first-order valence-electron chi connectivity index (χ1n) is 5.25. The Morgan fingerprint density at radius 2 is 2.36 bits per heavy atom. The molecule has 1 heterocycles. The quantitative estimate of drug-likeness (QED) is 0.855. The summed E-state index contributed by atoms with van der Waals surface area (Å²) in [6.45, 7) is 3.38. The van der Waals surface area contributed by atoms with Crippen LogP contribution in [-0.4, -0.2) is 12.6 Å². The van der Waals surface area contributed by atoms with Crippen molar-refractivity contribution in [3.05, 3.63) is 33.8 Å². The minimum atomic E-state index is 0.697. The van der Waals surface area contributed by atoms with Gasteiger partial charge in [-0.1, -0.05) is 28.1 Å². The number of benzene rings is 1. The molecule has 1 N–H and O–H groups in total. The molecule has 76 valence electrons. The molecule has 0 aliphatic carbocycles. The first kappa shape index (κ1) is 10.2. The molecule has 2 heteroatoms. The van der Waals surface area contributed by atoms with Crippen LogP contribution in [0.5, 0.6) is 0 Å². The third-order valence-electron chi connectivity index (χ3n) is 3.01. The van der Waals surface area contributed by atoms with E-state index in [1.807, 2.05) is 0 Å². The molecule has 1 atom stereocenters. The molecule has 0 saturated carbocycles. The number of hydrogen-bond acceptors (Lipinski definition) is 1. The Hall–Kier alpha value is -0.340. The number of hydrogen-bond donors (Lipinski definition) is 1. The van der Waals surface area contributed by atoms with Crippen LogP contribution < -0.4 is 5.32 Å². The van der Waals surface area contributed by atoms with E-state index in [0.29, 0.717) is 6.04 Å². The van der Waals surface area contributed by atoms with E-state index in [4.69, 9.17) is 0 Å². The summed E-state index contributed by atoms with van der Waals surface area (Å²) in [4.78, 5) is 0. The second-order valence-corrected chi connectivity index (χ2v) is 4.88. The van der Waals surface area contributed by atoms with Crippen LogP contribution in [0.25, 0.3) is 0 Å². The van der Waals surface area contributed by atoms with Crippen molar-refractivity contribution in [1.29, 1.82) is 0 Å². The highest BCUT2D eigenvalue weighted by molar-refractivity contribution is 9.10. The van der Waals surface area contributed by atoms with Gasteiger partial charge in [-0.2, -0.15) is 0 Å². The molecule has 1 unspecified atom stereocenters. The zero-order valence-corrected chi connectivity index (χ0v) is 10.1. The van der Waals surface area contributed by atoms with Crippen LogP contribution >= 0.6 is 15.9 Å². The summed E-state index contributed by atoms with van der Waals surface area (Å²) in [5, 5.41) is 3.54. The first-order valence-corrected chi connectivity index (χ1v) is 6.04. The van der Waals surface area contributed by atoms with Gasteiger partial charge in [0, 0.05) is 10.5 Å². The Kier molecular flexibility index (Phi) is 3.24. The van der Waals surface area contributed by atoms with E-state index >= 15 is 0 Å². The molecule has 0 aromatic heterocycles. The van der Waals surface area contributed by atoms with Crippen LogP contribution in [0.15, 0.2) is 22.7 Å². The molecule has 1 saturated heterocycles. The average Bonchev–Trinajstić information content (AvgIpc) is 2.66. The van der Waals surface area contributed by atoms with Crippen molar-refractivity contribution in [3.8, 4) is 0 Å². The lowest BCUT2D eigenvalue weighted by atomic mass is 10.0. The van der Waals surface area contributed by atoms with Gasteiger partial charge in [-0.05, 0) is 49.9 Å². The molecule has 0 amide bonds. The van der Waals surface area contributed by atoms with Gasteiger partial charge in [0.25, 0.3) is 0 Å². The molecule has 2 rings (SSSR count). The summed E-state index contributed by atoms with van der Waals surface area (Å²) in [6, 6.07) is 7.17. The van der Waals surface area contributed by atoms with E-state index in [1.165, 1.54) is 41.4 Å². The van der Waals surface area contributed by atoms with Gasteiger partial charge in [-0.15, -0.1) is 0 Å². The van der Waals surface area contributed by atoms with Crippen molar-refractivity contribution < 1.29 is 0 Å².